The molecule has 0 radical (unpaired) electrons. The van der Waals surface area contributed by atoms with Crippen LogP contribution in [0, 0.1) is 0 Å². The molecule has 2 aromatic rings. The van der Waals surface area contributed by atoms with Crippen molar-refractivity contribution in [2.45, 2.75) is 6.54 Å². The number of nitrogens with one attached hydrogen (secondary N) is 1. The van der Waals surface area contributed by atoms with Crippen LogP contribution in [0.1, 0.15) is 5.56 Å². The van der Waals surface area contributed by atoms with Gasteiger partial charge in [-0.1, -0.05) is 0 Å². The Morgan fingerprint density at radius 3 is 2.84 bits per heavy atom. The number of fused-ring (bicyclic) bond motifs is 1. The van der Waals surface area contributed by atoms with Crippen molar-refractivity contribution in [1.29, 1.82) is 0 Å². The van der Waals surface area contributed by atoms with Crippen molar-refractivity contribution in [3.63, 3.8) is 0 Å². The summed E-state index contributed by atoms with van der Waals surface area (Å²) in [4.78, 5) is 0. The number of benzene rings is 2. The molecule has 1 heterocycles. The van der Waals surface area contributed by atoms with E-state index in [4.69, 9.17) is 11.6 Å². The average molecular weight is 339 g/mol. The van der Waals surface area contributed by atoms with Crippen molar-refractivity contribution in [1.82, 2.24) is 0 Å². The fourth-order valence-electron chi connectivity index (χ4n) is 1.85. The minimum atomic E-state index is -0.0490. The van der Waals surface area contributed by atoms with E-state index in [-0.39, 0.29) is 20.3 Å². The Hall–Kier alpha value is -1.55. The van der Waals surface area contributed by atoms with Crippen LogP contribution in [0.2, 0.25) is 5.02 Å². The summed E-state index contributed by atoms with van der Waals surface area (Å²) in [6.45, 7) is 0.449. The van der Waals surface area contributed by atoms with Crippen LogP contribution < -0.4 is 5.32 Å². The zero-order chi connectivity index (χ0) is 13.2. The van der Waals surface area contributed by atoms with Crippen molar-refractivity contribution < 1.29 is 5.11 Å². The summed E-state index contributed by atoms with van der Waals surface area (Å²) in [5.74, 6) is 0.193. The molecule has 0 amide bonds. The van der Waals surface area contributed by atoms with Gasteiger partial charge in [0.15, 0.2) is 0 Å². The van der Waals surface area contributed by atoms with Gasteiger partial charge in [-0.3, -0.25) is 0 Å². The fourth-order valence-corrected chi connectivity index (χ4v) is 3.24. The van der Waals surface area contributed by atoms with E-state index in [0.717, 1.165) is 17.1 Å². The van der Waals surface area contributed by atoms with E-state index in [1.807, 2.05) is 18.2 Å². The van der Waals surface area contributed by atoms with Crippen LogP contribution in [0.4, 0.5) is 17.1 Å². The van der Waals surface area contributed by atoms with E-state index in [1.165, 1.54) is 0 Å². The van der Waals surface area contributed by atoms with E-state index in [9.17, 15) is 5.11 Å². The molecule has 0 bridgehead atoms. The normalized spacial score (nSPS) is 12.1. The molecular weight excluding hydrogens is 329 g/mol. The third-order valence-corrected chi connectivity index (χ3v) is 4.33. The molecule has 19 heavy (non-hydrogen) atoms. The van der Waals surface area contributed by atoms with E-state index >= 15 is 0 Å². The van der Waals surface area contributed by atoms with Crippen LogP contribution in [0.5, 0.6) is 5.75 Å². The first-order chi connectivity index (χ1) is 9.25. The number of anilines is 1. The number of aromatic hydroxyl groups is 1. The number of nitrogens with zero attached hydrogens (tertiary/aromatic N) is 2. The molecule has 4 nitrogen and oxygen atoms in total. The summed E-state index contributed by atoms with van der Waals surface area (Å²) in [6, 6.07) is 10.9. The first-order valence-electron chi connectivity index (χ1n) is 5.67. The van der Waals surface area contributed by atoms with Gasteiger partial charge < -0.3 is 0 Å². The molecule has 96 valence electrons. The van der Waals surface area contributed by atoms with Gasteiger partial charge in [-0.15, -0.1) is 0 Å². The van der Waals surface area contributed by atoms with Crippen LogP contribution in [0.3, 0.4) is 0 Å². The maximum atomic E-state index is 9.80. The van der Waals surface area contributed by atoms with Crippen LogP contribution in [-0.4, -0.2) is 19.7 Å². The van der Waals surface area contributed by atoms with E-state index < -0.39 is 0 Å². The van der Waals surface area contributed by atoms with Gasteiger partial charge in [0.2, 0.25) is 0 Å². The molecule has 3 rings (SSSR count). The van der Waals surface area contributed by atoms with Crippen molar-refractivity contribution in [3.05, 3.63) is 47.0 Å². The van der Waals surface area contributed by atoms with Gasteiger partial charge in [0, 0.05) is 0 Å². The predicted octanol–water partition coefficient (Wildman–Crippen LogP) is 4.01. The van der Waals surface area contributed by atoms with Crippen LogP contribution in [0.15, 0.2) is 44.3 Å². The van der Waals surface area contributed by atoms with Crippen LogP contribution in [0.25, 0.3) is 0 Å². The Morgan fingerprint density at radius 2 is 2.00 bits per heavy atom. The van der Waals surface area contributed by atoms with Crippen LogP contribution >= 0.6 is 11.6 Å². The molecule has 2 N–H and O–H groups in total. The Kier molecular flexibility index (Phi) is 3.42. The van der Waals surface area contributed by atoms with Gasteiger partial charge >= 0.3 is 121 Å². The summed E-state index contributed by atoms with van der Waals surface area (Å²) in [5, 5.41) is 13.6. The van der Waals surface area contributed by atoms with Crippen molar-refractivity contribution in [2.75, 3.05) is 5.32 Å². The van der Waals surface area contributed by atoms with E-state index in [2.05, 4.69) is 13.2 Å². The number of phenolic OH excluding ortho intramolecular Hbond substituents is 1. The zero-order valence-electron chi connectivity index (χ0n) is 9.80. The zero-order valence-corrected chi connectivity index (χ0v) is 12.3. The Balaban J connectivity index is 1.85. The quantitative estimate of drug-likeness (QED) is 0.709. The third-order valence-electron chi connectivity index (χ3n) is 2.84. The minimum absolute atomic E-state index is 0.0490. The Bertz CT molecular complexity index is 691. The summed E-state index contributed by atoms with van der Waals surface area (Å²) in [7, 11) is 0. The molecule has 1 aliphatic rings. The molecule has 2 aromatic carbocycles. The molecule has 0 unspecified atom stereocenters. The van der Waals surface area contributed by atoms with Gasteiger partial charge in [0.25, 0.3) is 0 Å². The molecule has 0 aliphatic carbocycles. The standard InChI is InChI=1S/C13H10ClN3OSe/c14-9-3-1-6-12(18)8(9)7-15-10-4-2-5-11-13(10)17-19-16-11/h1-6,15,18H,7H2. The first kappa shape index (κ1) is 12.5. The van der Waals surface area contributed by atoms with Crippen molar-refractivity contribution >= 4 is 43.2 Å². The number of hydrogen-bond donors (Lipinski definition) is 2. The van der Waals surface area contributed by atoms with Gasteiger partial charge in [-0.05, 0) is 0 Å². The molecule has 0 aromatic heterocycles. The average Bonchev–Trinajstić information content (AvgIpc) is 2.87. The van der Waals surface area contributed by atoms with Gasteiger partial charge in [0.05, 0.1) is 0 Å². The Morgan fingerprint density at radius 1 is 1.16 bits per heavy atom. The molecule has 6 heteroatoms. The second kappa shape index (κ2) is 5.21. The third kappa shape index (κ3) is 2.45. The summed E-state index contributed by atoms with van der Waals surface area (Å²) in [5.41, 5.74) is 3.42. The summed E-state index contributed by atoms with van der Waals surface area (Å²) in [6.07, 6.45) is 0. The van der Waals surface area contributed by atoms with Gasteiger partial charge in [-0.2, -0.15) is 0 Å². The van der Waals surface area contributed by atoms with E-state index in [0.29, 0.717) is 17.1 Å². The SMILES string of the molecule is Oc1cccc(Cl)c1CNc1cccc2c1N=[Se]=N2. The monoisotopic (exact) mass is 339 g/mol. The molecule has 0 saturated heterocycles. The van der Waals surface area contributed by atoms with Gasteiger partial charge in [-0.25, -0.2) is 0 Å². The Labute approximate surface area is 121 Å². The summed E-state index contributed by atoms with van der Waals surface area (Å²) < 4.78 is 8.72. The molecule has 1 aliphatic heterocycles. The fraction of sp³-hybridized carbons (Fsp3) is 0.0769. The first-order valence-corrected chi connectivity index (χ1v) is 7.58. The molecule has 0 saturated carbocycles. The molecular formula is C13H10ClN3OSe. The van der Waals surface area contributed by atoms with Crippen molar-refractivity contribution in [2.24, 2.45) is 7.92 Å². The van der Waals surface area contributed by atoms with Crippen molar-refractivity contribution in [3.8, 4) is 5.75 Å². The molecule has 0 fully saturated rings. The predicted molar refractivity (Wildman–Crippen MR) is 76.8 cm³/mol. The van der Waals surface area contributed by atoms with E-state index in [1.54, 1.807) is 18.2 Å². The molecule has 0 spiro atoms. The number of halogens is 1. The number of hydrogen-bond acceptors (Lipinski definition) is 4. The second-order valence-electron chi connectivity index (χ2n) is 4.03. The topological polar surface area (TPSA) is 57.0 Å². The molecule has 0 atom stereocenters. The number of phenols is 1. The second-order valence-corrected chi connectivity index (χ2v) is 5.54. The maximum absolute atomic E-state index is 9.80. The number of rotatable bonds is 3. The van der Waals surface area contributed by atoms with Crippen LogP contribution in [-0.2, 0) is 6.54 Å². The summed E-state index contributed by atoms with van der Waals surface area (Å²) >= 11 is 6.03. The van der Waals surface area contributed by atoms with Gasteiger partial charge in [0.1, 0.15) is 0 Å².